The Labute approximate surface area is 66.1 Å². The van der Waals surface area contributed by atoms with Crippen LogP contribution in [0.5, 0.6) is 0 Å². The van der Waals surface area contributed by atoms with Gasteiger partial charge >= 0.3 is 0 Å². The fraction of sp³-hybridized carbons (Fsp3) is 0.300. The summed E-state index contributed by atoms with van der Waals surface area (Å²) in [7, 11) is 0. The summed E-state index contributed by atoms with van der Waals surface area (Å²) in [6.45, 7) is 2.11. The lowest BCUT2D eigenvalue weighted by Gasteiger charge is -2.00. The van der Waals surface area contributed by atoms with Crippen LogP contribution in [0, 0.1) is 6.92 Å². The van der Waals surface area contributed by atoms with Gasteiger partial charge < -0.3 is 0 Å². The molecule has 0 unspecified atom stereocenters. The number of pyridine rings is 1. The van der Waals surface area contributed by atoms with Crippen molar-refractivity contribution in [1.82, 2.24) is 4.98 Å². The van der Waals surface area contributed by atoms with E-state index in [-0.39, 0.29) is 0 Å². The molecule has 0 bridgehead atoms. The third-order valence-corrected chi connectivity index (χ3v) is 2.10. The number of nitrogens with zero attached hydrogens (tertiary/aromatic N) is 1. The van der Waals surface area contributed by atoms with Crippen LogP contribution in [0.25, 0.3) is 12.2 Å². The lowest BCUT2D eigenvalue weighted by atomic mass is 10.1. The Morgan fingerprint density at radius 2 is 2.00 bits per heavy atom. The van der Waals surface area contributed by atoms with E-state index in [1.165, 1.54) is 22.4 Å². The van der Waals surface area contributed by atoms with Crippen LogP contribution in [0.4, 0.5) is 0 Å². The average Bonchev–Trinajstić information content (AvgIpc) is 2.06. The molecule has 1 nitrogen and oxygen atoms in total. The molecule has 11 heavy (non-hydrogen) atoms. The largest absolute Gasteiger partial charge is 0.264 e. The van der Waals surface area contributed by atoms with E-state index in [4.69, 9.17) is 0 Å². The summed E-state index contributed by atoms with van der Waals surface area (Å²) < 4.78 is 0. The predicted octanol–water partition coefficient (Wildman–Crippen LogP) is 0.745. The van der Waals surface area contributed by atoms with E-state index in [9.17, 15) is 0 Å². The molecule has 0 atom stereocenters. The molecule has 2 rings (SSSR count). The monoisotopic (exact) mass is 145 g/mol. The Hall–Kier alpha value is -1.11. The molecule has 0 saturated carbocycles. The highest BCUT2D eigenvalue weighted by Crippen LogP contribution is 1.95. The molecule has 0 radical (unpaired) electrons. The zero-order chi connectivity index (χ0) is 7.68. The summed E-state index contributed by atoms with van der Waals surface area (Å²) in [4.78, 5) is 4.15. The molecule has 1 heterocycles. The predicted molar refractivity (Wildman–Crippen MR) is 46.4 cm³/mol. The summed E-state index contributed by atoms with van der Waals surface area (Å²) in [5, 5.41) is 2.68. The quantitative estimate of drug-likeness (QED) is 0.525. The molecule has 0 aliphatic heterocycles. The fourth-order valence-corrected chi connectivity index (χ4v) is 1.50. The smallest absolute Gasteiger partial charge is 0.0343 e. The zero-order valence-corrected chi connectivity index (χ0v) is 6.67. The molecule has 1 aromatic heterocycles. The lowest BCUT2D eigenvalue weighted by molar-refractivity contribution is 1.09. The molecule has 1 aliphatic rings. The molecule has 0 aromatic carbocycles. The number of aromatic nitrogens is 1. The van der Waals surface area contributed by atoms with Gasteiger partial charge in [0.15, 0.2) is 0 Å². The third kappa shape index (κ3) is 1.07. The van der Waals surface area contributed by atoms with Crippen LogP contribution in [0.2, 0.25) is 0 Å². The van der Waals surface area contributed by atoms with Crippen LogP contribution in [0.3, 0.4) is 0 Å². The second-order valence-electron chi connectivity index (χ2n) is 2.94. The van der Waals surface area contributed by atoms with E-state index in [2.05, 4.69) is 24.1 Å². The van der Waals surface area contributed by atoms with Gasteiger partial charge in [-0.05, 0) is 35.8 Å². The number of hydrogen-bond acceptors (Lipinski definition) is 1. The molecule has 56 valence electrons. The fourth-order valence-electron chi connectivity index (χ4n) is 1.50. The van der Waals surface area contributed by atoms with Crippen LogP contribution >= 0.6 is 0 Å². The Kier molecular flexibility index (Phi) is 1.50. The molecule has 1 heteroatoms. The highest BCUT2D eigenvalue weighted by molar-refractivity contribution is 5.39. The maximum Gasteiger partial charge on any atom is 0.0343 e. The average molecular weight is 145 g/mol. The van der Waals surface area contributed by atoms with Gasteiger partial charge in [-0.25, -0.2) is 0 Å². The van der Waals surface area contributed by atoms with Crippen molar-refractivity contribution in [3.63, 3.8) is 0 Å². The van der Waals surface area contributed by atoms with E-state index in [0.717, 1.165) is 6.42 Å². The number of rotatable bonds is 0. The Bertz CT molecular complexity index is 376. The van der Waals surface area contributed by atoms with Crippen molar-refractivity contribution in [2.24, 2.45) is 0 Å². The molecule has 0 amide bonds. The van der Waals surface area contributed by atoms with Gasteiger partial charge in [0.2, 0.25) is 0 Å². The molecular weight excluding hydrogens is 134 g/mol. The Morgan fingerprint density at radius 1 is 1.18 bits per heavy atom. The summed E-state index contributed by atoms with van der Waals surface area (Å²) in [5.74, 6) is 0. The van der Waals surface area contributed by atoms with Crippen molar-refractivity contribution in [3.05, 3.63) is 28.4 Å². The van der Waals surface area contributed by atoms with E-state index in [0.29, 0.717) is 0 Å². The van der Waals surface area contributed by atoms with Gasteiger partial charge in [-0.1, -0.05) is 12.2 Å². The number of fused-ring (bicyclic) bond motifs is 1. The van der Waals surface area contributed by atoms with Crippen molar-refractivity contribution in [2.45, 2.75) is 19.8 Å². The van der Waals surface area contributed by atoms with E-state index >= 15 is 0 Å². The second kappa shape index (κ2) is 2.50. The van der Waals surface area contributed by atoms with Crippen LogP contribution < -0.4 is 10.4 Å². The van der Waals surface area contributed by atoms with Crippen LogP contribution in [0.15, 0.2) is 12.4 Å². The van der Waals surface area contributed by atoms with Gasteiger partial charge in [0.1, 0.15) is 0 Å². The molecule has 1 aliphatic carbocycles. The Morgan fingerprint density at radius 3 is 2.82 bits per heavy atom. The Balaban J connectivity index is 2.88. The summed E-state index contributed by atoms with van der Waals surface area (Å²) in [5.41, 5.74) is 1.29. The van der Waals surface area contributed by atoms with Crippen molar-refractivity contribution in [1.29, 1.82) is 0 Å². The van der Waals surface area contributed by atoms with Crippen molar-refractivity contribution in [2.75, 3.05) is 0 Å². The third-order valence-electron chi connectivity index (χ3n) is 2.10. The summed E-state index contributed by atoms with van der Waals surface area (Å²) in [6.07, 6.45) is 10.8. The van der Waals surface area contributed by atoms with E-state index < -0.39 is 0 Å². The van der Waals surface area contributed by atoms with Crippen molar-refractivity contribution >= 4 is 12.2 Å². The van der Waals surface area contributed by atoms with Crippen LogP contribution in [-0.2, 0) is 0 Å². The molecule has 0 fully saturated rings. The summed E-state index contributed by atoms with van der Waals surface area (Å²) >= 11 is 0. The van der Waals surface area contributed by atoms with Crippen molar-refractivity contribution < 1.29 is 0 Å². The minimum absolute atomic E-state index is 1.16. The maximum atomic E-state index is 4.15. The molecule has 0 N–H and O–H groups in total. The topological polar surface area (TPSA) is 12.9 Å². The van der Waals surface area contributed by atoms with Gasteiger partial charge in [-0.15, -0.1) is 0 Å². The van der Waals surface area contributed by atoms with Gasteiger partial charge in [0, 0.05) is 12.4 Å². The molecular formula is C10H11N. The first-order valence-corrected chi connectivity index (χ1v) is 3.99. The maximum absolute atomic E-state index is 4.15. The number of aryl methyl sites for hydroxylation is 1. The van der Waals surface area contributed by atoms with Crippen molar-refractivity contribution in [3.8, 4) is 0 Å². The lowest BCUT2D eigenvalue weighted by Crippen LogP contribution is -2.29. The van der Waals surface area contributed by atoms with Crippen LogP contribution in [-0.4, -0.2) is 4.98 Å². The normalized spacial score (nSPS) is 14.6. The van der Waals surface area contributed by atoms with Gasteiger partial charge in [0.25, 0.3) is 0 Å². The van der Waals surface area contributed by atoms with Gasteiger partial charge in [-0.2, -0.15) is 0 Å². The SMILES string of the molecule is Cc1cncc2c1=CCCC=2. The minimum atomic E-state index is 1.16. The highest BCUT2D eigenvalue weighted by Gasteiger charge is 1.94. The standard InChI is InChI=1S/C10H11N/c1-8-6-11-7-9-4-2-3-5-10(8)9/h4-7H,2-3H2,1H3. The highest BCUT2D eigenvalue weighted by atomic mass is 14.6. The second-order valence-corrected chi connectivity index (χ2v) is 2.94. The molecule has 0 saturated heterocycles. The van der Waals surface area contributed by atoms with Gasteiger partial charge in [-0.3, -0.25) is 4.98 Å². The summed E-state index contributed by atoms with van der Waals surface area (Å²) in [6, 6.07) is 0. The van der Waals surface area contributed by atoms with E-state index in [1.54, 1.807) is 0 Å². The first kappa shape index (κ1) is 6.59. The molecule has 0 spiro atoms. The molecule has 1 aromatic rings. The zero-order valence-electron chi connectivity index (χ0n) is 6.67. The van der Waals surface area contributed by atoms with Gasteiger partial charge in [0.05, 0.1) is 0 Å². The number of hydrogen-bond donors (Lipinski definition) is 0. The van der Waals surface area contributed by atoms with E-state index in [1.807, 2.05) is 12.4 Å². The minimum Gasteiger partial charge on any atom is -0.264 e. The first-order valence-electron chi connectivity index (χ1n) is 3.99. The van der Waals surface area contributed by atoms with Crippen LogP contribution in [0.1, 0.15) is 18.4 Å². The first-order chi connectivity index (χ1) is 5.38.